The van der Waals surface area contributed by atoms with Crippen LogP contribution in [0.25, 0.3) is 0 Å². The van der Waals surface area contributed by atoms with E-state index >= 15 is 0 Å². The number of alkyl halides is 2. The second kappa shape index (κ2) is 3.66. The van der Waals surface area contributed by atoms with Crippen molar-refractivity contribution in [2.45, 2.75) is 49.5 Å². The Morgan fingerprint density at radius 3 is 2.43 bits per heavy atom. The molecule has 1 fully saturated rings. The number of carbonyl (C=O) groups excluding carboxylic acids is 1. The topological polar surface area (TPSA) is 37.3 Å². The Kier molecular flexibility index (Phi) is 3.21. The zero-order valence-corrected chi connectivity index (χ0v) is 10.2. The van der Waals surface area contributed by atoms with Gasteiger partial charge in [-0.1, -0.05) is 0 Å². The lowest BCUT2D eigenvalue weighted by Crippen LogP contribution is -2.50. The van der Waals surface area contributed by atoms with E-state index in [1.165, 1.54) is 0 Å². The average Bonchev–Trinajstić information content (AvgIpc) is 1.98. The third-order valence-electron chi connectivity index (χ3n) is 3.08. The Hall–Kier alpha value is 0.210. The molecule has 1 aliphatic rings. The fraction of sp³-hybridized carbons (Fsp3) is 0.900. The summed E-state index contributed by atoms with van der Waals surface area (Å²) in [4.78, 5) is 10.0. The maximum absolute atomic E-state index is 11.6. The summed E-state index contributed by atoms with van der Waals surface area (Å²) >= 11 is 12.1. The highest BCUT2D eigenvalue weighted by Gasteiger charge is 2.47. The maximum atomic E-state index is 11.6. The Bertz CT molecular complexity index is 243. The summed E-state index contributed by atoms with van der Waals surface area (Å²) in [5, 5.41) is 9.73. The van der Waals surface area contributed by atoms with Crippen molar-refractivity contribution in [3.05, 3.63) is 0 Å². The van der Waals surface area contributed by atoms with Crippen LogP contribution in [0.3, 0.4) is 0 Å². The number of aliphatic hydroxyl groups is 1. The van der Waals surface area contributed by atoms with Crippen molar-refractivity contribution in [1.82, 2.24) is 0 Å². The minimum atomic E-state index is -1.13. The van der Waals surface area contributed by atoms with Crippen LogP contribution in [0.2, 0.25) is 0 Å². The lowest BCUT2D eigenvalue weighted by Gasteiger charge is -2.40. The van der Waals surface area contributed by atoms with E-state index in [-0.39, 0.29) is 11.7 Å². The first-order valence-corrected chi connectivity index (χ1v) is 5.50. The van der Waals surface area contributed by atoms with Gasteiger partial charge < -0.3 is 5.11 Å². The number of carbonyl (C=O) groups is 1. The summed E-state index contributed by atoms with van der Waals surface area (Å²) in [6.45, 7) is 5.28. The molecule has 1 saturated carbocycles. The second-order valence-electron chi connectivity index (χ2n) is 4.72. The van der Waals surface area contributed by atoms with Gasteiger partial charge in [0.2, 0.25) is 0 Å². The molecule has 4 heteroatoms. The number of aliphatic hydroxyl groups excluding tert-OH is 1. The molecule has 0 saturated heterocycles. The van der Waals surface area contributed by atoms with Gasteiger partial charge in [0.05, 0.1) is 6.10 Å². The zero-order chi connectivity index (χ0) is 11.1. The molecule has 82 valence electrons. The maximum Gasteiger partial charge on any atom is 0.156 e. The SMILES string of the molecule is CC(C)(Cl)[C@H]1CC(=O)[C@@](C)(Cl)[C@H](O)C1. The van der Waals surface area contributed by atoms with E-state index in [1.54, 1.807) is 6.92 Å². The van der Waals surface area contributed by atoms with Crippen molar-refractivity contribution in [3.63, 3.8) is 0 Å². The third-order valence-corrected chi connectivity index (χ3v) is 3.85. The first-order valence-electron chi connectivity index (χ1n) is 4.75. The highest BCUT2D eigenvalue weighted by Crippen LogP contribution is 2.41. The number of ketones is 1. The lowest BCUT2D eigenvalue weighted by atomic mass is 9.74. The number of Topliss-reactive ketones (excluding diaryl/α,β-unsaturated/α-hetero) is 1. The third kappa shape index (κ3) is 2.23. The molecule has 0 aromatic rings. The van der Waals surface area contributed by atoms with Crippen LogP contribution in [0.1, 0.15) is 33.6 Å². The fourth-order valence-electron chi connectivity index (χ4n) is 1.71. The minimum absolute atomic E-state index is 0.00140. The number of hydrogen-bond donors (Lipinski definition) is 1. The van der Waals surface area contributed by atoms with Crippen LogP contribution in [-0.4, -0.2) is 26.7 Å². The van der Waals surface area contributed by atoms with E-state index in [0.717, 1.165) is 0 Å². The molecule has 2 nitrogen and oxygen atoms in total. The van der Waals surface area contributed by atoms with E-state index in [9.17, 15) is 9.90 Å². The first kappa shape index (κ1) is 12.3. The van der Waals surface area contributed by atoms with Crippen LogP contribution < -0.4 is 0 Å². The molecule has 0 amide bonds. The van der Waals surface area contributed by atoms with Gasteiger partial charge in [-0.15, -0.1) is 23.2 Å². The van der Waals surface area contributed by atoms with Crippen molar-refractivity contribution in [1.29, 1.82) is 0 Å². The standard InChI is InChI=1S/C10H16Cl2O2/c1-9(2,11)6-4-7(13)10(3,12)8(14)5-6/h6-7,13H,4-5H2,1-3H3/t6-,7-,10+/m1/s1. The molecular weight excluding hydrogens is 223 g/mol. The molecule has 0 aliphatic heterocycles. The largest absolute Gasteiger partial charge is 0.391 e. The van der Waals surface area contributed by atoms with Crippen LogP contribution >= 0.6 is 23.2 Å². The molecule has 14 heavy (non-hydrogen) atoms. The van der Waals surface area contributed by atoms with Crippen LogP contribution in [-0.2, 0) is 4.79 Å². The van der Waals surface area contributed by atoms with Gasteiger partial charge in [0.15, 0.2) is 5.78 Å². The molecule has 0 aromatic heterocycles. The molecule has 0 heterocycles. The van der Waals surface area contributed by atoms with Crippen molar-refractivity contribution in [2.24, 2.45) is 5.92 Å². The summed E-state index contributed by atoms with van der Waals surface area (Å²) in [6.07, 6.45) is 0.0453. The molecule has 0 aromatic carbocycles. The first-order chi connectivity index (χ1) is 6.15. The van der Waals surface area contributed by atoms with E-state index in [4.69, 9.17) is 23.2 Å². The van der Waals surface area contributed by atoms with E-state index in [2.05, 4.69) is 0 Å². The Labute approximate surface area is 94.6 Å². The summed E-state index contributed by atoms with van der Waals surface area (Å²) in [6, 6.07) is 0. The Morgan fingerprint density at radius 2 is 2.07 bits per heavy atom. The van der Waals surface area contributed by atoms with Crippen molar-refractivity contribution in [2.75, 3.05) is 0 Å². The summed E-state index contributed by atoms with van der Waals surface area (Å²) in [7, 11) is 0. The fourth-order valence-corrected chi connectivity index (χ4v) is 2.04. The van der Waals surface area contributed by atoms with Gasteiger partial charge in [-0.25, -0.2) is 0 Å². The van der Waals surface area contributed by atoms with Gasteiger partial charge >= 0.3 is 0 Å². The number of halogens is 2. The normalized spacial score (nSPS) is 40.0. The highest BCUT2D eigenvalue weighted by atomic mass is 35.5. The molecule has 0 spiro atoms. The van der Waals surface area contributed by atoms with Crippen LogP contribution in [0.4, 0.5) is 0 Å². The van der Waals surface area contributed by atoms with Crippen LogP contribution in [0, 0.1) is 5.92 Å². The van der Waals surface area contributed by atoms with Crippen LogP contribution in [0.5, 0.6) is 0 Å². The molecule has 0 radical (unpaired) electrons. The molecule has 1 rings (SSSR count). The van der Waals surface area contributed by atoms with Gasteiger partial charge in [-0.2, -0.15) is 0 Å². The van der Waals surface area contributed by atoms with E-state index in [1.807, 2.05) is 13.8 Å². The van der Waals surface area contributed by atoms with E-state index in [0.29, 0.717) is 12.8 Å². The number of rotatable bonds is 1. The highest BCUT2D eigenvalue weighted by molar-refractivity contribution is 6.35. The monoisotopic (exact) mass is 238 g/mol. The van der Waals surface area contributed by atoms with Gasteiger partial charge in [0, 0.05) is 11.3 Å². The molecule has 1 N–H and O–H groups in total. The van der Waals surface area contributed by atoms with Gasteiger partial charge in [-0.05, 0) is 33.1 Å². The van der Waals surface area contributed by atoms with Crippen molar-refractivity contribution in [3.8, 4) is 0 Å². The zero-order valence-electron chi connectivity index (χ0n) is 8.68. The minimum Gasteiger partial charge on any atom is -0.391 e. The smallest absolute Gasteiger partial charge is 0.156 e. The van der Waals surface area contributed by atoms with E-state index < -0.39 is 15.9 Å². The average molecular weight is 239 g/mol. The molecular formula is C10H16Cl2O2. The lowest BCUT2D eigenvalue weighted by molar-refractivity contribution is -0.129. The Balaban J connectivity index is 2.81. The summed E-state index contributed by atoms with van der Waals surface area (Å²) < 4.78 is 0. The van der Waals surface area contributed by atoms with Gasteiger partial charge in [-0.3, -0.25) is 4.79 Å². The summed E-state index contributed by atoms with van der Waals surface area (Å²) in [5.41, 5.74) is 0. The van der Waals surface area contributed by atoms with Gasteiger partial charge in [0.1, 0.15) is 4.87 Å². The predicted molar refractivity (Wildman–Crippen MR) is 57.9 cm³/mol. The molecule has 3 atom stereocenters. The molecule has 0 unspecified atom stereocenters. The number of hydrogen-bond acceptors (Lipinski definition) is 2. The predicted octanol–water partition coefficient (Wildman–Crippen LogP) is 2.34. The van der Waals surface area contributed by atoms with Crippen LogP contribution in [0.15, 0.2) is 0 Å². The summed E-state index contributed by atoms with van der Waals surface area (Å²) in [5.74, 6) is -0.116. The second-order valence-corrected chi connectivity index (χ2v) is 6.48. The quantitative estimate of drug-likeness (QED) is 0.713. The van der Waals surface area contributed by atoms with Crippen molar-refractivity contribution >= 4 is 29.0 Å². The van der Waals surface area contributed by atoms with Gasteiger partial charge in [0.25, 0.3) is 0 Å². The Morgan fingerprint density at radius 1 is 1.57 bits per heavy atom. The molecule has 0 bridgehead atoms. The molecule has 1 aliphatic carbocycles. The van der Waals surface area contributed by atoms with Crippen molar-refractivity contribution < 1.29 is 9.90 Å².